The van der Waals surface area contributed by atoms with Gasteiger partial charge in [-0.2, -0.15) is 0 Å². The second-order valence-electron chi connectivity index (χ2n) is 12.5. The first-order chi connectivity index (χ1) is 21.4. The van der Waals surface area contributed by atoms with Gasteiger partial charge < -0.3 is 18.1 Å². The summed E-state index contributed by atoms with van der Waals surface area (Å²) >= 11 is 0. The van der Waals surface area contributed by atoms with Gasteiger partial charge in [0, 0.05) is 17.0 Å². The van der Waals surface area contributed by atoms with Crippen LogP contribution < -0.4 is 18.1 Å². The van der Waals surface area contributed by atoms with E-state index in [1.165, 1.54) is 59.1 Å². The number of hydrogen-bond acceptors (Lipinski definition) is 4. The minimum atomic E-state index is -0.123. The quantitative estimate of drug-likeness (QED) is 0.164. The second kappa shape index (κ2) is 13.9. The lowest BCUT2D eigenvalue weighted by Crippen LogP contribution is -2.06. The smallest absolute Gasteiger partial charge is 0.275 e. The lowest BCUT2D eigenvalue weighted by Gasteiger charge is -2.24. The molecule has 2 unspecified atom stereocenters. The fourth-order valence-electron chi connectivity index (χ4n) is 6.96. The molecular formula is C38H44O4P2. The summed E-state index contributed by atoms with van der Waals surface area (Å²) in [6, 6.07) is 21.7. The maximum Gasteiger partial charge on any atom is 0.275 e. The summed E-state index contributed by atoms with van der Waals surface area (Å²) in [5.74, 6) is 3.76. The Kier molecular flexibility index (Phi) is 9.80. The molecule has 0 fully saturated rings. The van der Waals surface area contributed by atoms with Gasteiger partial charge in [-0.05, 0) is 125 Å². The van der Waals surface area contributed by atoms with E-state index in [9.17, 15) is 0 Å². The molecule has 0 N–H and O–H groups in total. The molecule has 6 rings (SSSR count). The summed E-state index contributed by atoms with van der Waals surface area (Å²) in [5, 5.41) is 0. The maximum atomic E-state index is 6.49. The van der Waals surface area contributed by atoms with Crippen LogP contribution in [0.4, 0.5) is 0 Å². The van der Waals surface area contributed by atoms with Crippen LogP contribution in [0.15, 0.2) is 60.7 Å². The highest BCUT2D eigenvalue weighted by atomic mass is 31.1. The van der Waals surface area contributed by atoms with Gasteiger partial charge in [-0.1, -0.05) is 66.6 Å². The molecule has 4 nitrogen and oxygen atoms in total. The van der Waals surface area contributed by atoms with E-state index < -0.39 is 0 Å². The van der Waals surface area contributed by atoms with E-state index in [4.69, 9.17) is 18.1 Å². The van der Waals surface area contributed by atoms with E-state index in [-0.39, 0.29) is 24.0 Å². The molecule has 0 radical (unpaired) electrons. The Morgan fingerprint density at radius 1 is 0.545 bits per heavy atom. The minimum Gasteiger partial charge on any atom is -0.440 e. The van der Waals surface area contributed by atoms with Crippen molar-refractivity contribution in [3.63, 3.8) is 0 Å². The van der Waals surface area contributed by atoms with Gasteiger partial charge in [0.2, 0.25) is 0 Å². The van der Waals surface area contributed by atoms with Gasteiger partial charge in [-0.25, -0.2) is 0 Å². The minimum absolute atomic E-state index is 0.0424. The Labute approximate surface area is 266 Å². The summed E-state index contributed by atoms with van der Waals surface area (Å²) in [6.45, 7) is 10.8. The van der Waals surface area contributed by atoms with Crippen molar-refractivity contribution in [2.24, 2.45) is 0 Å². The predicted molar refractivity (Wildman–Crippen MR) is 185 cm³/mol. The molecule has 44 heavy (non-hydrogen) atoms. The van der Waals surface area contributed by atoms with E-state index >= 15 is 0 Å². The van der Waals surface area contributed by atoms with Crippen LogP contribution in [0.1, 0.15) is 94.2 Å². The zero-order chi connectivity index (χ0) is 30.6. The van der Waals surface area contributed by atoms with Crippen molar-refractivity contribution in [2.75, 3.05) is 0 Å². The van der Waals surface area contributed by atoms with Crippen molar-refractivity contribution in [3.8, 4) is 23.0 Å². The summed E-state index contributed by atoms with van der Waals surface area (Å²) < 4.78 is 25.6. The maximum absolute atomic E-state index is 6.49. The van der Waals surface area contributed by atoms with Crippen LogP contribution in [0, 0.1) is 27.7 Å². The number of benzene rings is 4. The number of rotatable bonds is 10. The molecule has 0 aromatic heterocycles. The summed E-state index contributed by atoms with van der Waals surface area (Å²) in [7, 11) is -0.246. The SMILES string of the molecule is Cc1cc(C)c(OPOc2cccc3c2CCCC3)c(C(C)c2cc(C)cc(C)c2OPOc2cccc3c2CCCC3)c1. The molecule has 0 amide bonds. The Bertz CT molecular complexity index is 1530. The average molecular weight is 627 g/mol. The normalized spacial score (nSPS) is 15.3. The first kappa shape index (κ1) is 30.9. The van der Waals surface area contributed by atoms with Gasteiger partial charge in [-0.15, -0.1) is 0 Å². The van der Waals surface area contributed by atoms with E-state index in [1.54, 1.807) is 0 Å². The van der Waals surface area contributed by atoms with Gasteiger partial charge in [0.1, 0.15) is 23.0 Å². The molecule has 230 valence electrons. The van der Waals surface area contributed by atoms with Crippen molar-refractivity contribution in [1.29, 1.82) is 0 Å². The van der Waals surface area contributed by atoms with E-state index in [0.29, 0.717) is 0 Å². The molecule has 6 heteroatoms. The molecule has 0 saturated heterocycles. The molecule has 2 atom stereocenters. The topological polar surface area (TPSA) is 36.9 Å². The third-order valence-electron chi connectivity index (χ3n) is 9.13. The van der Waals surface area contributed by atoms with Crippen molar-refractivity contribution in [3.05, 3.63) is 116 Å². The third kappa shape index (κ3) is 6.78. The molecule has 0 spiro atoms. The van der Waals surface area contributed by atoms with Gasteiger partial charge in [0.15, 0.2) is 0 Å². The van der Waals surface area contributed by atoms with Crippen molar-refractivity contribution < 1.29 is 18.1 Å². The monoisotopic (exact) mass is 626 g/mol. The molecule has 2 aliphatic rings. The highest BCUT2D eigenvalue weighted by Crippen LogP contribution is 2.44. The zero-order valence-electron chi connectivity index (χ0n) is 26.6. The van der Waals surface area contributed by atoms with Crippen molar-refractivity contribution >= 4 is 18.1 Å². The summed E-state index contributed by atoms with van der Waals surface area (Å²) in [6.07, 6.45) is 9.37. The largest absolute Gasteiger partial charge is 0.440 e. The fraction of sp³-hybridized carbons (Fsp3) is 0.368. The Hall–Kier alpha value is -3.06. The molecule has 4 aromatic rings. The lowest BCUT2D eigenvalue weighted by atomic mass is 9.87. The van der Waals surface area contributed by atoms with Crippen LogP contribution in [0.2, 0.25) is 0 Å². The second-order valence-corrected chi connectivity index (χ2v) is 13.6. The van der Waals surface area contributed by atoms with Crippen LogP contribution in [0.3, 0.4) is 0 Å². The molecule has 0 saturated carbocycles. The highest BCUT2D eigenvalue weighted by Gasteiger charge is 2.23. The predicted octanol–water partition coefficient (Wildman–Crippen LogP) is 10.8. The van der Waals surface area contributed by atoms with Crippen LogP contribution in [-0.4, -0.2) is 0 Å². The number of aryl methyl sites for hydroxylation is 6. The standard InChI is InChI=1S/C38H44O4P2/c1-24-20-26(3)37(41-43-39-35-18-10-14-29-12-6-8-16-31(29)35)33(22-24)28(5)34-23-25(2)21-27(4)38(34)42-44-40-36-19-11-15-30-13-7-9-17-32(30)36/h10-11,14-15,18-23,28,43-44H,6-9,12-13,16-17H2,1-5H3. The van der Waals surface area contributed by atoms with Crippen molar-refractivity contribution in [1.82, 2.24) is 0 Å². The lowest BCUT2D eigenvalue weighted by molar-refractivity contribution is 0.495. The van der Waals surface area contributed by atoms with Crippen LogP contribution in [0.5, 0.6) is 23.0 Å². The molecule has 0 aliphatic heterocycles. The Morgan fingerprint density at radius 2 is 0.977 bits per heavy atom. The van der Waals surface area contributed by atoms with Gasteiger partial charge in [-0.3, -0.25) is 0 Å². The zero-order valence-corrected chi connectivity index (χ0v) is 28.6. The summed E-state index contributed by atoms with van der Waals surface area (Å²) in [5.41, 5.74) is 12.5. The first-order valence-corrected chi connectivity index (χ1v) is 17.6. The number of fused-ring (bicyclic) bond motifs is 2. The molecule has 0 bridgehead atoms. The van der Waals surface area contributed by atoms with E-state index in [0.717, 1.165) is 70.9 Å². The van der Waals surface area contributed by atoms with Gasteiger partial charge >= 0.3 is 0 Å². The third-order valence-corrected chi connectivity index (χ3v) is 10.3. The molecule has 4 aromatic carbocycles. The Morgan fingerprint density at radius 3 is 1.43 bits per heavy atom. The summed E-state index contributed by atoms with van der Waals surface area (Å²) in [4.78, 5) is 0. The van der Waals surface area contributed by atoms with E-state index in [2.05, 4.69) is 95.3 Å². The highest BCUT2D eigenvalue weighted by molar-refractivity contribution is 7.27. The first-order valence-electron chi connectivity index (χ1n) is 16.0. The molecule has 0 heterocycles. The van der Waals surface area contributed by atoms with Crippen LogP contribution >= 0.6 is 18.1 Å². The van der Waals surface area contributed by atoms with Crippen molar-refractivity contribution in [2.45, 2.75) is 91.9 Å². The number of hydrogen-bond donors (Lipinski definition) is 0. The average Bonchev–Trinajstić information content (AvgIpc) is 3.02. The fourth-order valence-corrected chi connectivity index (χ4v) is 8.33. The van der Waals surface area contributed by atoms with Gasteiger partial charge in [0.05, 0.1) is 0 Å². The molecule has 2 aliphatic carbocycles. The van der Waals surface area contributed by atoms with E-state index in [1.807, 2.05) is 0 Å². The Balaban J connectivity index is 1.23. The van der Waals surface area contributed by atoms with Crippen LogP contribution in [-0.2, 0) is 25.7 Å². The van der Waals surface area contributed by atoms with Gasteiger partial charge in [0.25, 0.3) is 18.1 Å². The molecular weight excluding hydrogens is 582 g/mol. The van der Waals surface area contributed by atoms with Crippen LogP contribution in [0.25, 0.3) is 0 Å².